The molecule has 0 saturated heterocycles. The van der Waals surface area contributed by atoms with Crippen LogP contribution in [0.25, 0.3) is 0 Å². The highest BCUT2D eigenvalue weighted by Gasteiger charge is 2.14. The molecular formula is C8H14N2O2. The van der Waals surface area contributed by atoms with Crippen molar-refractivity contribution < 1.29 is 5.11 Å². The second kappa shape index (κ2) is 5.00. The Labute approximate surface area is 71.8 Å². The van der Waals surface area contributed by atoms with Gasteiger partial charge in [-0.25, -0.2) is 0 Å². The van der Waals surface area contributed by atoms with Crippen LogP contribution in [0.3, 0.4) is 0 Å². The lowest BCUT2D eigenvalue weighted by Crippen LogP contribution is -2.35. The number of nitrogens with zero attached hydrogens (tertiary/aromatic N) is 2. The highest BCUT2D eigenvalue weighted by molar-refractivity contribution is 5.01. The van der Waals surface area contributed by atoms with E-state index >= 15 is 0 Å². The number of rotatable bonds is 4. The van der Waals surface area contributed by atoms with Gasteiger partial charge >= 0.3 is 0 Å². The van der Waals surface area contributed by atoms with Crippen LogP contribution in [0, 0.1) is 4.91 Å². The van der Waals surface area contributed by atoms with Crippen molar-refractivity contribution in [2.75, 3.05) is 26.2 Å². The van der Waals surface area contributed by atoms with Crippen molar-refractivity contribution in [3.8, 4) is 0 Å². The van der Waals surface area contributed by atoms with Crippen molar-refractivity contribution in [3.63, 3.8) is 0 Å². The van der Waals surface area contributed by atoms with Crippen LogP contribution in [0.5, 0.6) is 0 Å². The molecule has 0 aromatic rings. The minimum absolute atomic E-state index is 0.197. The topological polar surface area (TPSA) is 52.9 Å². The zero-order valence-corrected chi connectivity index (χ0v) is 7.02. The van der Waals surface area contributed by atoms with Gasteiger partial charge in [-0.05, 0) is 6.42 Å². The summed E-state index contributed by atoms with van der Waals surface area (Å²) in [5.74, 6) is 0. The molecule has 4 heteroatoms. The van der Waals surface area contributed by atoms with E-state index in [1.807, 2.05) is 12.2 Å². The van der Waals surface area contributed by atoms with Crippen molar-refractivity contribution in [2.24, 2.45) is 5.18 Å². The maximum Gasteiger partial charge on any atom is 0.123 e. The van der Waals surface area contributed by atoms with E-state index in [-0.39, 0.29) is 12.6 Å². The Morgan fingerprint density at radius 1 is 1.67 bits per heavy atom. The molecule has 4 nitrogen and oxygen atoms in total. The number of aliphatic hydroxyl groups excluding tert-OH is 1. The third kappa shape index (κ3) is 2.71. The number of hydrogen-bond donors (Lipinski definition) is 1. The van der Waals surface area contributed by atoms with E-state index in [9.17, 15) is 4.91 Å². The van der Waals surface area contributed by atoms with Crippen molar-refractivity contribution in [1.82, 2.24) is 4.90 Å². The Hall–Kier alpha value is -0.740. The smallest absolute Gasteiger partial charge is 0.123 e. The fraction of sp³-hybridized carbons (Fsp3) is 0.750. The SMILES string of the molecule is O=NC1C=CCN(CCCO)C1. The van der Waals surface area contributed by atoms with Gasteiger partial charge in [0, 0.05) is 26.2 Å². The first kappa shape index (κ1) is 9.35. The maximum atomic E-state index is 10.2. The van der Waals surface area contributed by atoms with Crippen LogP contribution >= 0.6 is 0 Å². The molecule has 68 valence electrons. The average Bonchev–Trinajstić information content (AvgIpc) is 2.15. The Morgan fingerprint density at radius 2 is 2.50 bits per heavy atom. The van der Waals surface area contributed by atoms with Crippen molar-refractivity contribution in [3.05, 3.63) is 17.1 Å². The first-order valence-electron chi connectivity index (χ1n) is 4.19. The Bertz CT molecular complexity index is 170. The predicted molar refractivity (Wildman–Crippen MR) is 46.9 cm³/mol. The molecule has 1 aliphatic rings. The molecule has 0 aromatic carbocycles. The first-order valence-corrected chi connectivity index (χ1v) is 4.19. The molecule has 0 amide bonds. The minimum atomic E-state index is -0.197. The summed E-state index contributed by atoms with van der Waals surface area (Å²) >= 11 is 0. The van der Waals surface area contributed by atoms with Crippen LogP contribution < -0.4 is 0 Å². The van der Waals surface area contributed by atoms with Crippen molar-refractivity contribution in [2.45, 2.75) is 12.5 Å². The molecule has 0 bridgehead atoms. The van der Waals surface area contributed by atoms with Crippen molar-refractivity contribution in [1.29, 1.82) is 0 Å². The highest BCUT2D eigenvalue weighted by Crippen LogP contribution is 2.05. The van der Waals surface area contributed by atoms with Gasteiger partial charge in [0.1, 0.15) is 6.04 Å². The number of aliphatic hydroxyl groups is 1. The van der Waals surface area contributed by atoms with Crippen LogP contribution in [0.15, 0.2) is 17.3 Å². The maximum absolute atomic E-state index is 10.2. The van der Waals surface area contributed by atoms with E-state index in [1.165, 1.54) is 0 Å². The van der Waals surface area contributed by atoms with Gasteiger partial charge in [-0.1, -0.05) is 17.3 Å². The van der Waals surface area contributed by atoms with Gasteiger partial charge in [0.05, 0.1) is 0 Å². The van der Waals surface area contributed by atoms with E-state index in [0.29, 0.717) is 6.54 Å². The van der Waals surface area contributed by atoms with E-state index < -0.39 is 0 Å². The van der Waals surface area contributed by atoms with E-state index in [2.05, 4.69) is 10.1 Å². The third-order valence-corrected chi connectivity index (χ3v) is 1.93. The largest absolute Gasteiger partial charge is 0.396 e. The molecule has 0 fully saturated rings. The van der Waals surface area contributed by atoms with Crippen LogP contribution in [-0.4, -0.2) is 42.3 Å². The monoisotopic (exact) mass is 170 g/mol. The summed E-state index contributed by atoms with van der Waals surface area (Å²) < 4.78 is 0. The second-order valence-corrected chi connectivity index (χ2v) is 2.94. The third-order valence-electron chi connectivity index (χ3n) is 1.93. The predicted octanol–water partition coefficient (Wildman–Crippen LogP) is 0.376. The molecule has 0 aromatic heterocycles. The number of hydrogen-bond acceptors (Lipinski definition) is 4. The van der Waals surface area contributed by atoms with Gasteiger partial charge in [-0.2, -0.15) is 4.91 Å². The molecule has 0 aliphatic carbocycles. The normalized spacial score (nSPS) is 24.2. The van der Waals surface area contributed by atoms with Gasteiger partial charge in [0.15, 0.2) is 0 Å². The molecule has 0 radical (unpaired) electrons. The molecular weight excluding hydrogens is 156 g/mol. The number of nitroso groups, excluding NO2 is 1. The molecule has 0 spiro atoms. The summed E-state index contributed by atoms with van der Waals surface area (Å²) in [5.41, 5.74) is 0. The van der Waals surface area contributed by atoms with E-state index in [0.717, 1.165) is 19.5 Å². The summed E-state index contributed by atoms with van der Waals surface area (Å²) in [7, 11) is 0. The summed E-state index contributed by atoms with van der Waals surface area (Å²) in [6.07, 6.45) is 4.55. The lowest BCUT2D eigenvalue weighted by Gasteiger charge is -2.24. The Balaban J connectivity index is 2.29. The average molecular weight is 170 g/mol. The molecule has 1 aliphatic heterocycles. The molecule has 1 rings (SSSR count). The fourth-order valence-corrected chi connectivity index (χ4v) is 1.31. The summed E-state index contributed by atoms with van der Waals surface area (Å²) in [4.78, 5) is 12.3. The Kier molecular flexibility index (Phi) is 3.90. The molecule has 0 saturated carbocycles. The van der Waals surface area contributed by atoms with Gasteiger partial charge in [0.2, 0.25) is 0 Å². The highest BCUT2D eigenvalue weighted by atomic mass is 16.3. The van der Waals surface area contributed by atoms with Crippen LogP contribution in [0.2, 0.25) is 0 Å². The Morgan fingerprint density at radius 3 is 3.17 bits per heavy atom. The lowest BCUT2D eigenvalue weighted by molar-refractivity contribution is 0.229. The molecule has 1 heterocycles. The van der Waals surface area contributed by atoms with Gasteiger partial charge in [0.25, 0.3) is 0 Å². The molecule has 12 heavy (non-hydrogen) atoms. The summed E-state index contributed by atoms with van der Waals surface area (Å²) in [6.45, 7) is 2.61. The van der Waals surface area contributed by atoms with Crippen LogP contribution in [0.1, 0.15) is 6.42 Å². The van der Waals surface area contributed by atoms with Crippen LogP contribution in [0.4, 0.5) is 0 Å². The lowest BCUT2D eigenvalue weighted by atomic mass is 10.2. The van der Waals surface area contributed by atoms with E-state index in [4.69, 9.17) is 5.11 Å². The molecule has 1 atom stereocenters. The second-order valence-electron chi connectivity index (χ2n) is 2.94. The van der Waals surface area contributed by atoms with Gasteiger partial charge in [-0.15, -0.1) is 0 Å². The molecule has 1 N–H and O–H groups in total. The van der Waals surface area contributed by atoms with Gasteiger partial charge in [-0.3, -0.25) is 4.90 Å². The molecule has 1 unspecified atom stereocenters. The quantitative estimate of drug-likeness (QED) is 0.490. The zero-order valence-electron chi connectivity index (χ0n) is 7.02. The standard InChI is InChI=1S/C8H14N2O2/c11-6-2-5-10-4-1-3-8(7-10)9-12/h1,3,8,11H,2,4-7H2. The van der Waals surface area contributed by atoms with Crippen LogP contribution in [-0.2, 0) is 0 Å². The zero-order chi connectivity index (χ0) is 8.81. The van der Waals surface area contributed by atoms with Gasteiger partial charge < -0.3 is 5.11 Å². The first-order chi connectivity index (χ1) is 5.86. The summed E-state index contributed by atoms with van der Waals surface area (Å²) in [6, 6.07) is -0.197. The summed E-state index contributed by atoms with van der Waals surface area (Å²) in [5, 5.41) is 11.6. The van der Waals surface area contributed by atoms with Crippen molar-refractivity contribution >= 4 is 0 Å². The minimum Gasteiger partial charge on any atom is -0.396 e. The fourth-order valence-electron chi connectivity index (χ4n) is 1.31. The van der Waals surface area contributed by atoms with E-state index in [1.54, 1.807) is 0 Å².